The second-order valence-corrected chi connectivity index (χ2v) is 6.42. The van der Waals surface area contributed by atoms with Gasteiger partial charge in [0.25, 0.3) is 5.56 Å². The van der Waals surface area contributed by atoms with Crippen molar-refractivity contribution in [2.24, 2.45) is 0 Å². The van der Waals surface area contributed by atoms with Gasteiger partial charge >= 0.3 is 0 Å². The Bertz CT molecular complexity index is 1030. The number of fused-ring (bicyclic) bond motifs is 1. The fourth-order valence-corrected chi connectivity index (χ4v) is 3.36. The molecule has 1 saturated heterocycles. The van der Waals surface area contributed by atoms with E-state index in [2.05, 4.69) is 30.8 Å². The first kappa shape index (κ1) is 17.1. The highest BCUT2D eigenvalue weighted by Crippen LogP contribution is 2.14. The Balaban J connectivity index is 1.55. The van der Waals surface area contributed by atoms with E-state index in [0.29, 0.717) is 23.3 Å². The summed E-state index contributed by atoms with van der Waals surface area (Å²) in [4.78, 5) is 30.3. The van der Waals surface area contributed by atoms with Crippen molar-refractivity contribution >= 4 is 16.7 Å². The monoisotopic (exact) mass is 361 g/mol. The second kappa shape index (κ2) is 7.51. The van der Waals surface area contributed by atoms with Gasteiger partial charge in [0.15, 0.2) is 0 Å². The van der Waals surface area contributed by atoms with Crippen LogP contribution in [0.3, 0.4) is 0 Å². The summed E-state index contributed by atoms with van der Waals surface area (Å²) in [5, 5.41) is 9.68. The molecular formula is C19H19N7O. The van der Waals surface area contributed by atoms with E-state index in [9.17, 15) is 4.79 Å². The van der Waals surface area contributed by atoms with Crippen LogP contribution in [0.25, 0.3) is 10.9 Å². The molecule has 0 aliphatic carbocycles. The quantitative estimate of drug-likeness (QED) is 0.685. The molecule has 1 fully saturated rings. The van der Waals surface area contributed by atoms with Crippen molar-refractivity contribution in [3.05, 3.63) is 59.0 Å². The van der Waals surface area contributed by atoms with Crippen LogP contribution in [0.1, 0.15) is 5.82 Å². The molecule has 0 radical (unpaired) electrons. The molecule has 3 aromatic rings. The molecule has 0 spiro atoms. The van der Waals surface area contributed by atoms with Crippen molar-refractivity contribution in [3.63, 3.8) is 0 Å². The van der Waals surface area contributed by atoms with Crippen LogP contribution in [0, 0.1) is 11.3 Å². The van der Waals surface area contributed by atoms with E-state index in [1.165, 1.54) is 4.57 Å². The van der Waals surface area contributed by atoms with E-state index in [1.54, 1.807) is 24.7 Å². The highest BCUT2D eigenvalue weighted by molar-refractivity contribution is 5.77. The molecule has 1 aliphatic rings. The first-order valence-electron chi connectivity index (χ1n) is 8.85. The third-order valence-corrected chi connectivity index (χ3v) is 4.78. The third-order valence-electron chi connectivity index (χ3n) is 4.78. The van der Waals surface area contributed by atoms with Gasteiger partial charge < -0.3 is 4.90 Å². The lowest BCUT2D eigenvalue weighted by Crippen LogP contribution is -2.47. The molecule has 2 aromatic heterocycles. The lowest BCUT2D eigenvalue weighted by molar-refractivity contribution is 0.239. The summed E-state index contributed by atoms with van der Waals surface area (Å²) < 4.78 is 1.48. The average molecular weight is 361 g/mol. The van der Waals surface area contributed by atoms with E-state index in [0.717, 1.165) is 32.0 Å². The molecule has 8 heteroatoms. The summed E-state index contributed by atoms with van der Waals surface area (Å²) in [7, 11) is 0. The fraction of sp³-hybridized carbons (Fsp3) is 0.316. The Labute approximate surface area is 156 Å². The maximum Gasteiger partial charge on any atom is 0.262 e. The van der Waals surface area contributed by atoms with Gasteiger partial charge in [0, 0.05) is 38.6 Å². The number of hydrogen-bond donors (Lipinski definition) is 0. The van der Waals surface area contributed by atoms with Crippen LogP contribution in [-0.4, -0.2) is 50.6 Å². The fourth-order valence-electron chi connectivity index (χ4n) is 3.36. The van der Waals surface area contributed by atoms with Gasteiger partial charge in [-0.25, -0.2) is 9.97 Å². The molecule has 3 heterocycles. The van der Waals surface area contributed by atoms with E-state index < -0.39 is 0 Å². The number of aromatic nitrogens is 4. The summed E-state index contributed by atoms with van der Waals surface area (Å²) >= 11 is 0. The summed E-state index contributed by atoms with van der Waals surface area (Å²) in [6.45, 7) is 3.85. The zero-order chi connectivity index (χ0) is 18.6. The molecule has 1 aliphatic heterocycles. The largest absolute Gasteiger partial charge is 0.353 e. The number of para-hydroxylation sites is 1. The molecule has 0 N–H and O–H groups in total. The molecule has 0 bridgehead atoms. The Kier molecular flexibility index (Phi) is 4.77. The molecule has 4 rings (SSSR count). The second-order valence-electron chi connectivity index (χ2n) is 6.42. The van der Waals surface area contributed by atoms with Gasteiger partial charge in [-0.15, -0.1) is 0 Å². The number of rotatable bonds is 4. The molecule has 0 atom stereocenters. The minimum atomic E-state index is -0.157. The Morgan fingerprint density at radius 3 is 2.67 bits per heavy atom. The maximum absolute atomic E-state index is 12.7. The van der Waals surface area contributed by atoms with Gasteiger partial charge in [-0.3, -0.25) is 19.2 Å². The molecule has 27 heavy (non-hydrogen) atoms. The summed E-state index contributed by atoms with van der Waals surface area (Å²) in [6.07, 6.45) is 5.13. The van der Waals surface area contributed by atoms with Crippen LogP contribution in [-0.2, 0) is 13.1 Å². The minimum absolute atomic E-state index is 0.00553. The van der Waals surface area contributed by atoms with E-state index in [1.807, 2.05) is 18.2 Å². The Morgan fingerprint density at radius 2 is 1.93 bits per heavy atom. The maximum atomic E-state index is 12.7. The SMILES string of the molecule is N#CCn1c(CN2CCN(c3cnccn3)CC2)nc2ccccc2c1=O. The molecule has 8 nitrogen and oxygen atoms in total. The molecule has 0 amide bonds. The third kappa shape index (κ3) is 3.50. The predicted octanol–water partition coefficient (Wildman–Crippen LogP) is 1.03. The normalized spacial score (nSPS) is 15.0. The highest BCUT2D eigenvalue weighted by Gasteiger charge is 2.20. The summed E-state index contributed by atoms with van der Waals surface area (Å²) in [5.74, 6) is 1.51. The highest BCUT2D eigenvalue weighted by atomic mass is 16.1. The number of nitriles is 1. The van der Waals surface area contributed by atoms with Gasteiger partial charge in [0.05, 0.1) is 29.7 Å². The van der Waals surface area contributed by atoms with Crippen LogP contribution in [0.4, 0.5) is 5.82 Å². The lowest BCUT2D eigenvalue weighted by Gasteiger charge is -2.35. The number of nitrogens with zero attached hydrogens (tertiary/aromatic N) is 7. The predicted molar refractivity (Wildman–Crippen MR) is 101 cm³/mol. The molecular weight excluding hydrogens is 342 g/mol. The zero-order valence-electron chi connectivity index (χ0n) is 14.8. The average Bonchev–Trinajstić information content (AvgIpc) is 2.72. The van der Waals surface area contributed by atoms with Crippen LogP contribution in [0.2, 0.25) is 0 Å². The molecule has 136 valence electrons. The summed E-state index contributed by atoms with van der Waals surface area (Å²) in [6, 6.07) is 9.35. The van der Waals surface area contributed by atoms with Crippen LogP contribution >= 0.6 is 0 Å². The Morgan fingerprint density at radius 1 is 1.11 bits per heavy atom. The van der Waals surface area contributed by atoms with Crippen LogP contribution in [0.5, 0.6) is 0 Å². The van der Waals surface area contributed by atoms with Gasteiger partial charge in [-0.2, -0.15) is 5.26 Å². The van der Waals surface area contributed by atoms with Gasteiger partial charge in [-0.1, -0.05) is 12.1 Å². The van der Waals surface area contributed by atoms with Crippen molar-refractivity contribution in [3.8, 4) is 6.07 Å². The first-order valence-corrected chi connectivity index (χ1v) is 8.85. The number of piperazine rings is 1. The topological polar surface area (TPSA) is 90.9 Å². The van der Waals surface area contributed by atoms with E-state index >= 15 is 0 Å². The number of hydrogen-bond acceptors (Lipinski definition) is 7. The number of anilines is 1. The molecule has 0 unspecified atom stereocenters. The smallest absolute Gasteiger partial charge is 0.262 e. The summed E-state index contributed by atoms with van der Waals surface area (Å²) in [5.41, 5.74) is 0.514. The van der Waals surface area contributed by atoms with Crippen molar-refractivity contribution in [1.29, 1.82) is 5.26 Å². The van der Waals surface area contributed by atoms with Crippen molar-refractivity contribution in [2.75, 3.05) is 31.1 Å². The van der Waals surface area contributed by atoms with Crippen LogP contribution < -0.4 is 10.5 Å². The zero-order valence-corrected chi connectivity index (χ0v) is 14.8. The number of benzene rings is 1. The first-order chi connectivity index (χ1) is 13.3. The molecule has 0 saturated carbocycles. The van der Waals surface area contributed by atoms with Gasteiger partial charge in [-0.05, 0) is 12.1 Å². The van der Waals surface area contributed by atoms with Crippen molar-refractivity contribution in [1.82, 2.24) is 24.4 Å². The van der Waals surface area contributed by atoms with Gasteiger partial charge in [0.2, 0.25) is 0 Å². The van der Waals surface area contributed by atoms with Gasteiger partial charge in [0.1, 0.15) is 18.2 Å². The van der Waals surface area contributed by atoms with Crippen molar-refractivity contribution < 1.29 is 0 Å². The van der Waals surface area contributed by atoms with E-state index in [-0.39, 0.29) is 12.1 Å². The van der Waals surface area contributed by atoms with E-state index in [4.69, 9.17) is 5.26 Å². The minimum Gasteiger partial charge on any atom is -0.353 e. The standard InChI is InChI=1S/C19H19N7O/c20-5-8-26-18(23-16-4-2-1-3-15(16)19(26)27)14-24-9-11-25(12-10-24)17-13-21-6-7-22-17/h1-4,6-7,13H,8-12,14H2. The Hall–Kier alpha value is -3.31. The lowest BCUT2D eigenvalue weighted by atomic mass is 10.2. The van der Waals surface area contributed by atoms with Crippen molar-refractivity contribution in [2.45, 2.75) is 13.1 Å². The molecule has 1 aromatic carbocycles. The van der Waals surface area contributed by atoms with Crippen LogP contribution in [0.15, 0.2) is 47.7 Å².